The van der Waals surface area contributed by atoms with E-state index < -0.39 is 5.79 Å². The van der Waals surface area contributed by atoms with Gasteiger partial charge in [0, 0.05) is 19.9 Å². The fourth-order valence-electron chi connectivity index (χ4n) is 1.26. The van der Waals surface area contributed by atoms with Gasteiger partial charge in [0.2, 0.25) is 5.79 Å². The number of rotatable bonds is 1. The highest BCUT2D eigenvalue weighted by atomic mass is 16.7. The monoisotopic (exact) mass is 181 g/mol. The number of aliphatic hydroxyl groups is 1. The number of nitrogens with zero attached hydrogens (tertiary/aromatic N) is 1. The summed E-state index contributed by atoms with van der Waals surface area (Å²) in [6, 6.07) is 1.68. The van der Waals surface area contributed by atoms with Gasteiger partial charge in [0.1, 0.15) is 0 Å². The number of ether oxygens (including phenoxy) is 2. The summed E-state index contributed by atoms with van der Waals surface area (Å²) >= 11 is 0. The standard InChI is InChI=1S/C9H11NO3/c1-9(2)12-7-3-6(5-11)10-4-8(7)13-9/h3-4,11H,5H2,1-2H3. The summed E-state index contributed by atoms with van der Waals surface area (Å²) in [5.41, 5.74) is 0.583. The van der Waals surface area contributed by atoms with Crippen LogP contribution in [-0.2, 0) is 6.61 Å². The lowest BCUT2D eigenvalue weighted by Crippen LogP contribution is -2.29. The first-order chi connectivity index (χ1) is 6.11. The van der Waals surface area contributed by atoms with E-state index in [2.05, 4.69) is 4.98 Å². The highest BCUT2D eigenvalue weighted by Crippen LogP contribution is 2.38. The lowest BCUT2D eigenvalue weighted by atomic mass is 10.3. The first-order valence-corrected chi connectivity index (χ1v) is 4.08. The Balaban J connectivity index is 2.36. The summed E-state index contributed by atoms with van der Waals surface area (Å²) in [5, 5.41) is 8.84. The van der Waals surface area contributed by atoms with Crippen molar-refractivity contribution in [1.29, 1.82) is 0 Å². The molecule has 0 spiro atoms. The van der Waals surface area contributed by atoms with E-state index in [4.69, 9.17) is 14.6 Å². The highest BCUT2D eigenvalue weighted by molar-refractivity contribution is 5.42. The summed E-state index contributed by atoms with van der Waals surface area (Å²) in [6.07, 6.45) is 1.57. The molecule has 0 aromatic carbocycles. The van der Waals surface area contributed by atoms with Crippen LogP contribution >= 0.6 is 0 Å². The predicted octanol–water partition coefficient (Wildman–Crippen LogP) is 1.08. The SMILES string of the molecule is CC1(C)Oc2cnc(CO)cc2O1. The lowest BCUT2D eigenvalue weighted by molar-refractivity contribution is -0.0432. The molecule has 0 bridgehead atoms. The van der Waals surface area contributed by atoms with Gasteiger partial charge in [-0.1, -0.05) is 0 Å². The van der Waals surface area contributed by atoms with E-state index in [9.17, 15) is 0 Å². The van der Waals surface area contributed by atoms with Gasteiger partial charge in [-0.15, -0.1) is 0 Å². The Morgan fingerprint density at radius 2 is 2.08 bits per heavy atom. The van der Waals surface area contributed by atoms with E-state index in [-0.39, 0.29) is 6.61 Å². The molecule has 4 nitrogen and oxygen atoms in total. The zero-order valence-electron chi connectivity index (χ0n) is 7.57. The molecular formula is C9H11NO3. The molecule has 0 radical (unpaired) electrons. The summed E-state index contributed by atoms with van der Waals surface area (Å²) in [5.74, 6) is 0.643. The molecule has 2 heterocycles. The largest absolute Gasteiger partial charge is 0.449 e. The van der Waals surface area contributed by atoms with Crippen LogP contribution in [-0.4, -0.2) is 15.9 Å². The zero-order valence-corrected chi connectivity index (χ0v) is 7.57. The van der Waals surface area contributed by atoms with Crippen LogP contribution in [0.3, 0.4) is 0 Å². The van der Waals surface area contributed by atoms with Gasteiger partial charge in [0.25, 0.3) is 0 Å². The summed E-state index contributed by atoms with van der Waals surface area (Å²) in [6.45, 7) is 3.56. The summed E-state index contributed by atoms with van der Waals surface area (Å²) < 4.78 is 10.9. The molecule has 70 valence electrons. The number of hydrogen-bond acceptors (Lipinski definition) is 4. The van der Waals surface area contributed by atoms with Crippen molar-refractivity contribution in [2.45, 2.75) is 26.2 Å². The van der Waals surface area contributed by atoms with E-state index >= 15 is 0 Å². The third-order valence-corrected chi connectivity index (χ3v) is 1.76. The van der Waals surface area contributed by atoms with Gasteiger partial charge in [0.05, 0.1) is 18.5 Å². The Morgan fingerprint density at radius 1 is 1.38 bits per heavy atom. The van der Waals surface area contributed by atoms with E-state index in [1.54, 1.807) is 12.3 Å². The smallest absolute Gasteiger partial charge is 0.246 e. The van der Waals surface area contributed by atoms with Crippen LogP contribution in [0.5, 0.6) is 11.5 Å². The molecule has 0 unspecified atom stereocenters. The van der Waals surface area contributed by atoms with Crippen molar-refractivity contribution < 1.29 is 14.6 Å². The van der Waals surface area contributed by atoms with Crippen molar-refractivity contribution in [3.05, 3.63) is 18.0 Å². The maximum Gasteiger partial charge on any atom is 0.246 e. The van der Waals surface area contributed by atoms with Crippen LogP contribution in [0, 0.1) is 0 Å². The van der Waals surface area contributed by atoms with Crippen LogP contribution in [0.15, 0.2) is 12.3 Å². The van der Waals surface area contributed by atoms with Gasteiger partial charge in [0.15, 0.2) is 11.5 Å². The molecule has 13 heavy (non-hydrogen) atoms. The zero-order chi connectivity index (χ0) is 9.47. The predicted molar refractivity (Wildman–Crippen MR) is 45.5 cm³/mol. The van der Waals surface area contributed by atoms with Gasteiger partial charge < -0.3 is 14.6 Å². The van der Waals surface area contributed by atoms with Crippen molar-refractivity contribution in [2.24, 2.45) is 0 Å². The Hall–Kier alpha value is -1.29. The topological polar surface area (TPSA) is 51.6 Å². The molecule has 1 aromatic rings. The van der Waals surface area contributed by atoms with Crippen molar-refractivity contribution >= 4 is 0 Å². The lowest BCUT2D eigenvalue weighted by Gasteiger charge is -2.15. The van der Waals surface area contributed by atoms with E-state index in [1.165, 1.54) is 0 Å². The van der Waals surface area contributed by atoms with E-state index in [0.717, 1.165) is 0 Å². The van der Waals surface area contributed by atoms with Gasteiger partial charge in [-0.3, -0.25) is 4.98 Å². The number of fused-ring (bicyclic) bond motifs is 1. The molecule has 1 aromatic heterocycles. The Kier molecular flexibility index (Phi) is 1.66. The van der Waals surface area contributed by atoms with Crippen LogP contribution in [0.1, 0.15) is 19.5 Å². The second kappa shape index (κ2) is 2.60. The average molecular weight is 181 g/mol. The molecule has 1 aliphatic rings. The van der Waals surface area contributed by atoms with Gasteiger partial charge in [-0.2, -0.15) is 0 Å². The molecule has 1 N–H and O–H groups in total. The molecule has 4 heteroatoms. The minimum absolute atomic E-state index is 0.0862. The maximum absolute atomic E-state index is 8.84. The first kappa shape index (κ1) is 8.31. The fourth-order valence-corrected chi connectivity index (χ4v) is 1.26. The molecule has 2 rings (SSSR count). The van der Waals surface area contributed by atoms with E-state index in [1.807, 2.05) is 13.8 Å². The molecular weight excluding hydrogens is 170 g/mol. The van der Waals surface area contributed by atoms with Crippen LogP contribution < -0.4 is 9.47 Å². The fraction of sp³-hybridized carbons (Fsp3) is 0.444. The Bertz CT molecular complexity index is 336. The van der Waals surface area contributed by atoms with Gasteiger partial charge in [-0.05, 0) is 0 Å². The molecule has 0 saturated heterocycles. The van der Waals surface area contributed by atoms with Gasteiger partial charge in [-0.25, -0.2) is 0 Å². The second-order valence-electron chi connectivity index (χ2n) is 3.38. The van der Waals surface area contributed by atoms with E-state index in [0.29, 0.717) is 17.2 Å². The van der Waals surface area contributed by atoms with Crippen LogP contribution in [0.25, 0.3) is 0 Å². The molecule has 0 atom stereocenters. The number of pyridine rings is 1. The van der Waals surface area contributed by atoms with Crippen molar-refractivity contribution in [3.63, 3.8) is 0 Å². The van der Waals surface area contributed by atoms with Crippen LogP contribution in [0.2, 0.25) is 0 Å². The normalized spacial score (nSPS) is 17.5. The minimum atomic E-state index is -0.627. The highest BCUT2D eigenvalue weighted by Gasteiger charge is 2.31. The number of aromatic nitrogens is 1. The molecule has 0 amide bonds. The van der Waals surface area contributed by atoms with Crippen LogP contribution in [0.4, 0.5) is 0 Å². The number of hydrogen-bond donors (Lipinski definition) is 1. The third-order valence-electron chi connectivity index (χ3n) is 1.76. The third kappa shape index (κ3) is 1.45. The Morgan fingerprint density at radius 3 is 2.77 bits per heavy atom. The average Bonchev–Trinajstić information content (AvgIpc) is 2.36. The molecule has 0 fully saturated rings. The second-order valence-corrected chi connectivity index (χ2v) is 3.38. The Labute approximate surface area is 76.1 Å². The molecule has 1 aliphatic heterocycles. The molecule has 0 aliphatic carbocycles. The first-order valence-electron chi connectivity index (χ1n) is 4.08. The summed E-state index contributed by atoms with van der Waals surface area (Å²) in [7, 11) is 0. The quantitative estimate of drug-likeness (QED) is 0.704. The van der Waals surface area contributed by atoms with Crippen molar-refractivity contribution in [3.8, 4) is 11.5 Å². The summed E-state index contributed by atoms with van der Waals surface area (Å²) in [4.78, 5) is 3.98. The van der Waals surface area contributed by atoms with Gasteiger partial charge >= 0.3 is 0 Å². The maximum atomic E-state index is 8.84. The molecule has 0 saturated carbocycles. The van der Waals surface area contributed by atoms with Crippen molar-refractivity contribution in [2.75, 3.05) is 0 Å². The van der Waals surface area contributed by atoms with Crippen molar-refractivity contribution in [1.82, 2.24) is 4.98 Å². The number of aliphatic hydroxyl groups excluding tert-OH is 1. The minimum Gasteiger partial charge on any atom is -0.449 e.